The Kier molecular flexibility index (Phi) is 3.14. The van der Waals surface area contributed by atoms with E-state index >= 15 is 0 Å². The summed E-state index contributed by atoms with van der Waals surface area (Å²) in [7, 11) is 0. The first-order chi connectivity index (χ1) is 5.29. The van der Waals surface area contributed by atoms with Crippen LogP contribution in [-0.4, -0.2) is 12.5 Å². The zero-order valence-electron chi connectivity index (χ0n) is 6.97. The Bertz CT molecular complexity index is 155. The molecule has 0 bridgehead atoms. The Balaban J connectivity index is 1.99. The third kappa shape index (κ3) is 3.21. The highest BCUT2D eigenvalue weighted by Gasteiger charge is 2.08. The molecule has 1 rings (SSSR count). The minimum Gasteiger partial charge on any atom is -0.356 e. The molecule has 0 atom stereocenters. The van der Waals surface area contributed by atoms with E-state index in [9.17, 15) is 4.79 Å². The van der Waals surface area contributed by atoms with Crippen LogP contribution >= 0.6 is 0 Å². The van der Waals surface area contributed by atoms with Gasteiger partial charge in [-0.25, -0.2) is 0 Å². The zero-order valence-corrected chi connectivity index (χ0v) is 6.97. The molecule has 0 radical (unpaired) electrons. The zero-order chi connectivity index (χ0) is 8.10. The Morgan fingerprint density at radius 1 is 1.55 bits per heavy atom. The third-order valence-corrected chi connectivity index (χ3v) is 2.03. The largest absolute Gasteiger partial charge is 0.356 e. The SMILES string of the molecule is CC(=O)NCCC1CC=CC1. The number of hydrogen-bond donors (Lipinski definition) is 1. The first kappa shape index (κ1) is 8.31. The van der Waals surface area contributed by atoms with E-state index in [1.54, 1.807) is 6.92 Å². The number of carbonyl (C=O) groups excluding carboxylic acids is 1. The van der Waals surface area contributed by atoms with Crippen LogP contribution in [0.3, 0.4) is 0 Å². The van der Waals surface area contributed by atoms with Crippen molar-refractivity contribution in [1.29, 1.82) is 0 Å². The summed E-state index contributed by atoms with van der Waals surface area (Å²) in [6.07, 6.45) is 7.95. The van der Waals surface area contributed by atoms with E-state index in [4.69, 9.17) is 0 Å². The van der Waals surface area contributed by atoms with Crippen LogP contribution in [0, 0.1) is 5.92 Å². The minimum absolute atomic E-state index is 0.0796. The van der Waals surface area contributed by atoms with Crippen molar-refractivity contribution in [2.45, 2.75) is 26.2 Å². The molecule has 2 heteroatoms. The Morgan fingerprint density at radius 3 is 2.73 bits per heavy atom. The summed E-state index contributed by atoms with van der Waals surface area (Å²) in [5.74, 6) is 0.859. The monoisotopic (exact) mass is 153 g/mol. The van der Waals surface area contributed by atoms with Crippen LogP contribution in [0.1, 0.15) is 26.2 Å². The van der Waals surface area contributed by atoms with Gasteiger partial charge in [0.2, 0.25) is 5.91 Å². The summed E-state index contributed by atoms with van der Waals surface area (Å²) >= 11 is 0. The average Bonchev–Trinajstić information content (AvgIpc) is 2.39. The van der Waals surface area contributed by atoms with Crippen LogP contribution in [-0.2, 0) is 4.79 Å². The van der Waals surface area contributed by atoms with Gasteiger partial charge in [-0.3, -0.25) is 4.79 Å². The molecule has 62 valence electrons. The second kappa shape index (κ2) is 4.16. The van der Waals surface area contributed by atoms with Crippen LogP contribution in [0.2, 0.25) is 0 Å². The van der Waals surface area contributed by atoms with Gasteiger partial charge >= 0.3 is 0 Å². The molecule has 0 saturated carbocycles. The predicted octanol–water partition coefficient (Wildman–Crippen LogP) is 1.48. The normalized spacial score (nSPS) is 17.2. The molecule has 0 aromatic heterocycles. The standard InChI is InChI=1S/C9H15NO/c1-8(11)10-7-6-9-4-2-3-5-9/h2-3,9H,4-7H2,1H3,(H,10,11). The number of nitrogens with one attached hydrogen (secondary N) is 1. The molecule has 0 heterocycles. The van der Waals surface area contributed by atoms with Crippen LogP contribution in [0.25, 0.3) is 0 Å². The molecule has 0 unspecified atom stereocenters. The number of allylic oxidation sites excluding steroid dienone is 2. The van der Waals surface area contributed by atoms with Gasteiger partial charge in [0.05, 0.1) is 0 Å². The second-order valence-electron chi connectivity index (χ2n) is 3.08. The van der Waals surface area contributed by atoms with E-state index in [0.29, 0.717) is 0 Å². The lowest BCUT2D eigenvalue weighted by molar-refractivity contribution is -0.118. The van der Waals surface area contributed by atoms with Crippen molar-refractivity contribution in [2.24, 2.45) is 5.92 Å². The summed E-state index contributed by atoms with van der Waals surface area (Å²) in [5, 5.41) is 2.81. The minimum atomic E-state index is 0.0796. The summed E-state index contributed by atoms with van der Waals surface area (Å²) in [4.78, 5) is 10.5. The molecule has 2 nitrogen and oxygen atoms in total. The van der Waals surface area contributed by atoms with Crippen molar-refractivity contribution in [2.75, 3.05) is 6.54 Å². The molecule has 1 aliphatic rings. The van der Waals surface area contributed by atoms with Crippen molar-refractivity contribution >= 4 is 5.91 Å². The van der Waals surface area contributed by atoms with Crippen molar-refractivity contribution in [1.82, 2.24) is 5.32 Å². The Hall–Kier alpha value is -0.790. The van der Waals surface area contributed by atoms with Crippen LogP contribution in [0.5, 0.6) is 0 Å². The molecule has 0 spiro atoms. The van der Waals surface area contributed by atoms with Gasteiger partial charge in [-0.2, -0.15) is 0 Å². The predicted molar refractivity (Wildman–Crippen MR) is 45.2 cm³/mol. The molecule has 0 fully saturated rings. The number of amides is 1. The molecule has 1 amide bonds. The van der Waals surface area contributed by atoms with E-state index in [1.165, 1.54) is 12.8 Å². The average molecular weight is 153 g/mol. The molecular weight excluding hydrogens is 138 g/mol. The number of hydrogen-bond acceptors (Lipinski definition) is 1. The van der Waals surface area contributed by atoms with E-state index in [2.05, 4.69) is 17.5 Å². The smallest absolute Gasteiger partial charge is 0.216 e. The fourth-order valence-electron chi connectivity index (χ4n) is 1.36. The Labute approximate surface area is 67.7 Å². The first-order valence-electron chi connectivity index (χ1n) is 4.18. The molecule has 1 N–H and O–H groups in total. The van der Waals surface area contributed by atoms with Crippen LogP contribution in [0.4, 0.5) is 0 Å². The second-order valence-corrected chi connectivity index (χ2v) is 3.08. The topological polar surface area (TPSA) is 29.1 Å². The van der Waals surface area contributed by atoms with Crippen molar-refractivity contribution in [3.8, 4) is 0 Å². The van der Waals surface area contributed by atoms with Crippen molar-refractivity contribution in [3.05, 3.63) is 12.2 Å². The summed E-state index contributed by atoms with van der Waals surface area (Å²) in [5.41, 5.74) is 0. The van der Waals surface area contributed by atoms with Crippen molar-refractivity contribution in [3.63, 3.8) is 0 Å². The fourth-order valence-corrected chi connectivity index (χ4v) is 1.36. The van der Waals surface area contributed by atoms with Gasteiger partial charge in [0.15, 0.2) is 0 Å². The maximum atomic E-state index is 10.5. The van der Waals surface area contributed by atoms with Crippen molar-refractivity contribution < 1.29 is 4.79 Å². The number of rotatable bonds is 3. The van der Waals surface area contributed by atoms with Gasteiger partial charge in [-0.05, 0) is 25.2 Å². The van der Waals surface area contributed by atoms with Gasteiger partial charge < -0.3 is 5.32 Å². The maximum Gasteiger partial charge on any atom is 0.216 e. The lowest BCUT2D eigenvalue weighted by Gasteiger charge is -2.07. The highest BCUT2D eigenvalue weighted by Crippen LogP contribution is 2.20. The van der Waals surface area contributed by atoms with E-state index < -0.39 is 0 Å². The molecule has 11 heavy (non-hydrogen) atoms. The van der Waals surface area contributed by atoms with E-state index in [1.807, 2.05) is 0 Å². The highest BCUT2D eigenvalue weighted by molar-refractivity contribution is 5.72. The quantitative estimate of drug-likeness (QED) is 0.611. The van der Waals surface area contributed by atoms with Gasteiger partial charge in [-0.15, -0.1) is 0 Å². The molecule has 0 aromatic rings. The summed E-state index contributed by atoms with van der Waals surface area (Å²) in [6, 6.07) is 0. The third-order valence-electron chi connectivity index (χ3n) is 2.03. The fraction of sp³-hybridized carbons (Fsp3) is 0.667. The molecule has 0 saturated heterocycles. The lowest BCUT2D eigenvalue weighted by atomic mass is 10.0. The summed E-state index contributed by atoms with van der Waals surface area (Å²) in [6.45, 7) is 2.40. The van der Waals surface area contributed by atoms with Gasteiger partial charge in [0, 0.05) is 13.5 Å². The van der Waals surface area contributed by atoms with Gasteiger partial charge in [0.25, 0.3) is 0 Å². The Morgan fingerprint density at radius 2 is 2.18 bits per heavy atom. The highest BCUT2D eigenvalue weighted by atomic mass is 16.1. The summed E-state index contributed by atoms with van der Waals surface area (Å²) < 4.78 is 0. The number of carbonyl (C=O) groups is 1. The van der Waals surface area contributed by atoms with Gasteiger partial charge in [0.1, 0.15) is 0 Å². The molecule has 0 aliphatic heterocycles. The van der Waals surface area contributed by atoms with Crippen LogP contribution < -0.4 is 5.32 Å². The van der Waals surface area contributed by atoms with Gasteiger partial charge in [-0.1, -0.05) is 12.2 Å². The maximum absolute atomic E-state index is 10.5. The molecular formula is C9H15NO. The molecule has 1 aliphatic carbocycles. The molecule has 0 aromatic carbocycles. The lowest BCUT2D eigenvalue weighted by Crippen LogP contribution is -2.22. The van der Waals surface area contributed by atoms with Crippen LogP contribution in [0.15, 0.2) is 12.2 Å². The first-order valence-corrected chi connectivity index (χ1v) is 4.18. The van der Waals surface area contributed by atoms with E-state index in [0.717, 1.165) is 18.9 Å². The van der Waals surface area contributed by atoms with E-state index in [-0.39, 0.29) is 5.91 Å².